The van der Waals surface area contributed by atoms with Gasteiger partial charge < -0.3 is 15.4 Å². The Labute approximate surface area is 186 Å². The number of amidine groups is 1. The van der Waals surface area contributed by atoms with Crippen molar-refractivity contribution in [3.05, 3.63) is 95.5 Å². The molecule has 0 unspecified atom stereocenters. The smallest absolute Gasteiger partial charge is 0.251 e. The summed E-state index contributed by atoms with van der Waals surface area (Å²) < 4.78 is 19.4. The number of nitrogens with one attached hydrogen (secondary N) is 2. The number of ether oxygens (including phenoxy) is 1. The van der Waals surface area contributed by atoms with Crippen LogP contribution in [0.1, 0.15) is 28.4 Å². The van der Waals surface area contributed by atoms with Crippen molar-refractivity contribution >= 4 is 17.6 Å². The fourth-order valence-electron chi connectivity index (χ4n) is 3.03. The molecule has 0 aliphatic rings. The van der Waals surface area contributed by atoms with Gasteiger partial charge in [0.15, 0.2) is 0 Å². The van der Waals surface area contributed by atoms with Crippen LogP contribution in [0.5, 0.6) is 11.5 Å². The maximum Gasteiger partial charge on any atom is 0.251 e. The van der Waals surface area contributed by atoms with Crippen LogP contribution in [-0.2, 0) is 6.54 Å². The minimum absolute atomic E-state index is 0.230. The number of hydrogen-bond donors (Lipinski definition) is 2. The lowest BCUT2D eigenvalue weighted by Crippen LogP contribution is -2.23. The lowest BCUT2D eigenvalue weighted by molar-refractivity contribution is 0.0950. The fraction of sp³-hybridized carbons (Fsp3) is 0.160. The van der Waals surface area contributed by atoms with Gasteiger partial charge in [0.25, 0.3) is 5.91 Å². The lowest BCUT2D eigenvalue weighted by atomic mass is 10.1. The summed E-state index contributed by atoms with van der Waals surface area (Å²) >= 11 is 0. The van der Waals surface area contributed by atoms with E-state index in [1.54, 1.807) is 55.7 Å². The first-order valence-electron chi connectivity index (χ1n) is 10.1. The van der Waals surface area contributed by atoms with Crippen molar-refractivity contribution in [3.8, 4) is 11.5 Å². The molecule has 0 bridgehead atoms. The van der Waals surface area contributed by atoms with E-state index in [1.165, 1.54) is 12.1 Å². The highest BCUT2D eigenvalue weighted by Crippen LogP contribution is 2.28. The van der Waals surface area contributed by atoms with Gasteiger partial charge in [0.05, 0.1) is 0 Å². The van der Waals surface area contributed by atoms with Crippen molar-refractivity contribution in [1.82, 2.24) is 10.3 Å². The molecule has 0 saturated carbocycles. The second-order valence-electron chi connectivity index (χ2n) is 6.95. The molecule has 7 heteroatoms. The van der Waals surface area contributed by atoms with Crippen molar-refractivity contribution in [3.63, 3.8) is 0 Å². The molecular formula is C25H25FN4O2. The summed E-state index contributed by atoms with van der Waals surface area (Å²) in [6, 6.07) is 14.9. The van der Waals surface area contributed by atoms with E-state index in [2.05, 4.69) is 20.6 Å². The first-order valence-corrected chi connectivity index (χ1v) is 10.1. The minimum Gasteiger partial charge on any atom is -0.457 e. The molecular weight excluding hydrogens is 407 g/mol. The predicted molar refractivity (Wildman–Crippen MR) is 125 cm³/mol. The monoisotopic (exact) mass is 432 g/mol. The summed E-state index contributed by atoms with van der Waals surface area (Å²) in [4.78, 5) is 21.1. The van der Waals surface area contributed by atoms with Crippen LogP contribution in [0.2, 0.25) is 0 Å². The van der Waals surface area contributed by atoms with Gasteiger partial charge in [-0.25, -0.2) is 9.37 Å². The van der Waals surface area contributed by atoms with Crippen LogP contribution in [0.15, 0.2) is 77.9 Å². The van der Waals surface area contributed by atoms with Crippen LogP contribution < -0.4 is 15.4 Å². The Kier molecular flexibility index (Phi) is 7.70. The summed E-state index contributed by atoms with van der Waals surface area (Å²) in [5.74, 6) is 1.78. The van der Waals surface area contributed by atoms with Gasteiger partial charge in [0.2, 0.25) is 0 Å². The second kappa shape index (κ2) is 10.9. The summed E-state index contributed by atoms with van der Waals surface area (Å²) in [7, 11) is 1.69. The number of amides is 1. The van der Waals surface area contributed by atoms with Crippen LogP contribution in [0.3, 0.4) is 0 Å². The molecule has 3 rings (SSSR count). The van der Waals surface area contributed by atoms with Gasteiger partial charge in [-0.2, -0.15) is 0 Å². The number of carbonyl (C=O) groups excluding carboxylic acids is 1. The highest BCUT2D eigenvalue weighted by atomic mass is 19.1. The number of rotatable bonds is 7. The molecule has 0 aliphatic heterocycles. The Morgan fingerprint density at radius 1 is 1.19 bits per heavy atom. The van der Waals surface area contributed by atoms with Crippen LogP contribution in [0, 0.1) is 12.7 Å². The van der Waals surface area contributed by atoms with Crippen LogP contribution in [-0.4, -0.2) is 23.8 Å². The minimum atomic E-state index is -0.336. The molecule has 164 valence electrons. The third-order valence-corrected chi connectivity index (χ3v) is 4.65. The van der Waals surface area contributed by atoms with Crippen molar-refractivity contribution in [1.29, 1.82) is 0 Å². The van der Waals surface area contributed by atoms with E-state index in [0.29, 0.717) is 39.8 Å². The number of halogens is 1. The lowest BCUT2D eigenvalue weighted by Gasteiger charge is -2.13. The molecule has 1 aromatic heterocycles. The Bertz CT molecular complexity index is 1160. The molecule has 1 amide bonds. The summed E-state index contributed by atoms with van der Waals surface area (Å²) in [6.07, 6.45) is 5.35. The number of aromatic nitrogens is 1. The highest BCUT2D eigenvalue weighted by Gasteiger charge is 2.13. The number of allylic oxidation sites excluding steroid dienone is 1. The number of aliphatic imine (C=N–C) groups is 1. The fourth-order valence-corrected chi connectivity index (χ4v) is 3.03. The van der Waals surface area contributed by atoms with Crippen molar-refractivity contribution in [2.24, 2.45) is 4.99 Å². The normalized spacial score (nSPS) is 11.4. The number of anilines is 1. The molecule has 0 spiro atoms. The molecule has 32 heavy (non-hydrogen) atoms. The molecule has 3 aromatic rings. The van der Waals surface area contributed by atoms with Crippen molar-refractivity contribution in [2.45, 2.75) is 20.4 Å². The Morgan fingerprint density at radius 3 is 2.75 bits per heavy atom. The Balaban J connectivity index is 1.73. The molecule has 2 aromatic carbocycles. The van der Waals surface area contributed by atoms with E-state index in [-0.39, 0.29) is 18.3 Å². The molecule has 6 nitrogen and oxygen atoms in total. The molecule has 0 aliphatic carbocycles. The molecule has 0 saturated heterocycles. The van der Waals surface area contributed by atoms with E-state index in [1.807, 2.05) is 26.0 Å². The third-order valence-electron chi connectivity index (χ3n) is 4.65. The van der Waals surface area contributed by atoms with Gasteiger partial charge in [-0.3, -0.25) is 9.79 Å². The topological polar surface area (TPSA) is 75.6 Å². The van der Waals surface area contributed by atoms with Crippen LogP contribution in [0.25, 0.3) is 0 Å². The van der Waals surface area contributed by atoms with E-state index >= 15 is 0 Å². The molecule has 2 N–H and O–H groups in total. The van der Waals surface area contributed by atoms with Crippen LogP contribution >= 0.6 is 0 Å². The zero-order valence-corrected chi connectivity index (χ0v) is 18.2. The van der Waals surface area contributed by atoms with Gasteiger partial charge in [-0.15, -0.1) is 0 Å². The zero-order chi connectivity index (χ0) is 22.9. The number of nitrogens with zero attached hydrogens (tertiary/aromatic N) is 2. The number of benzene rings is 2. The third kappa shape index (κ3) is 6.01. The van der Waals surface area contributed by atoms with Crippen LogP contribution in [0.4, 0.5) is 10.2 Å². The van der Waals surface area contributed by atoms with Gasteiger partial charge in [0.1, 0.15) is 29.0 Å². The van der Waals surface area contributed by atoms with E-state index in [4.69, 9.17) is 4.74 Å². The van der Waals surface area contributed by atoms with Gasteiger partial charge in [-0.1, -0.05) is 24.3 Å². The Hall–Kier alpha value is -4.00. The quantitative estimate of drug-likeness (QED) is 0.394. The number of pyridine rings is 1. The highest BCUT2D eigenvalue weighted by molar-refractivity contribution is 6.03. The van der Waals surface area contributed by atoms with E-state index in [9.17, 15) is 9.18 Å². The maximum atomic E-state index is 13.3. The summed E-state index contributed by atoms with van der Waals surface area (Å²) in [5, 5.41) is 5.94. The van der Waals surface area contributed by atoms with Gasteiger partial charge in [0, 0.05) is 37.0 Å². The van der Waals surface area contributed by atoms with Gasteiger partial charge in [-0.05, 0) is 55.8 Å². The molecule has 0 radical (unpaired) electrons. The Morgan fingerprint density at radius 2 is 2.00 bits per heavy atom. The number of hydrogen-bond acceptors (Lipinski definition) is 4. The predicted octanol–water partition coefficient (Wildman–Crippen LogP) is 5.27. The first kappa shape index (κ1) is 22.7. The van der Waals surface area contributed by atoms with E-state index in [0.717, 1.165) is 0 Å². The van der Waals surface area contributed by atoms with Crippen molar-refractivity contribution in [2.75, 3.05) is 12.4 Å². The largest absolute Gasteiger partial charge is 0.457 e. The molecule has 0 atom stereocenters. The molecule has 0 fully saturated rings. The SMILES string of the molecule is C/C=C\C(=NC)Nc1cc(Oc2cccc(C(=O)NCc3cccc(F)c3)c2C)ccn1. The standard InChI is InChI=1S/C25H25FN4O2/c1-4-7-23(27-3)30-24-15-20(12-13-28-24)32-22-11-6-10-21(17(22)2)25(31)29-16-18-8-5-9-19(26)14-18/h4-15H,16H2,1-3H3,(H,29,31)(H,27,28,30)/b7-4-. The average molecular weight is 432 g/mol. The summed E-state index contributed by atoms with van der Waals surface area (Å²) in [6.45, 7) is 3.96. The molecule has 1 heterocycles. The first-order chi connectivity index (χ1) is 15.5. The van der Waals surface area contributed by atoms with Gasteiger partial charge >= 0.3 is 0 Å². The van der Waals surface area contributed by atoms with Crippen molar-refractivity contribution < 1.29 is 13.9 Å². The van der Waals surface area contributed by atoms with E-state index < -0.39 is 0 Å². The zero-order valence-electron chi connectivity index (χ0n) is 18.2. The average Bonchev–Trinajstić information content (AvgIpc) is 2.79. The second-order valence-corrected chi connectivity index (χ2v) is 6.95. The number of carbonyl (C=O) groups is 1. The summed E-state index contributed by atoms with van der Waals surface area (Å²) in [5.41, 5.74) is 1.87. The maximum absolute atomic E-state index is 13.3.